The van der Waals surface area contributed by atoms with Gasteiger partial charge in [0.05, 0.1) is 13.0 Å². The predicted molar refractivity (Wildman–Crippen MR) is 104 cm³/mol. The fourth-order valence-corrected chi connectivity index (χ4v) is 2.86. The number of ketones is 1. The zero-order chi connectivity index (χ0) is 22.7. The van der Waals surface area contributed by atoms with Crippen molar-refractivity contribution in [1.29, 1.82) is 0 Å². The van der Waals surface area contributed by atoms with E-state index < -0.39 is 35.0 Å². The van der Waals surface area contributed by atoms with Crippen LogP contribution in [-0.4, -0.2) is 60.7 Å². The Kier molecular flexibility index (Phi) is 10.1. The number of hydrogen-bond donors (Lipinski definition) is 0. The maximum atomic E-state index is 12.4. The van der Waals surface area contributed by atoms with Crippen molar-refractivity contribution >= 4 is 29.5 Å². The minimum absolute atomic E-state index is 0.00722. The van der Waals surface area contributed by atoms with Crippen molar-refractivity contribution in [2.24, 2.45) is 16.4 Å². The molecule has 0 aromatic carbocycles. The van der Waals surface area contributed by atoms with Gasteiger partial charge in [0.2, 0.25) is 17.7 Å². The lowest BCUT2D eigenvalue weighted by Crippen LogP contribution is -2.35. The highest BCUT2D eigenvalue weighted by Crippen LogP contribution is 2.23. The molecule has 30 heavy (non-hydrogen) atoms. The first-order valence-corrected chi connectivity index (χ1v) is 9.75. The highest BCUT2D eigenvalue weighted by molar-refractivity contribution is 6.14. The molecule has 1 rings (SSSR count). The lowest BCUT2D eigenvalue weighted by molar-refractivity contribution is -0.149. The number of amides is 3. The molecule has 166 valence electrons. The predicted octanol–water partition coefficient (Wildman–Crippen LogP) is 1.93. The lowest BCUT2D eigenvalue weighted by atomic mass is 9.81. The van der Waals surface area contributed by atoms with Crippen LogP contribution in [0, 0.1) is 11.3 Å². The lowest BCUT2D eigenvalue weighted by Gasteiger charge is -2.22. The Balaban J connectivity index is 2.25. The van der Waals surface area contributed by atoms with Gasteiger partial charge in [0, 0.05) is 48.7 Å². The van der Waals surface area contributed by atoms with Gasteiger partial charge in [0.1, 0.15) is 12.4 Å². The smallest absolute Gasteiger partial charge is 0.306 e. The molecule has 1 aliphatic rings. The largest absolute Gasteiger partial charge is 0.463 e. The molecule has 0 aromatic heterocycles. The summed E-state index contributed by atoms with van der Waals surface area (Å²) in [5.41, 5.74) is 7.78. The Bertz CT molecular complexity index is 707. The normalized spacial score (nSPS) is 15.0. The average Bonchev–Trinajstić information content (AvgIpc) is 3.01. The van der Waals surface area contributed by atoms with Gasteiger partial charge in [-0.2, -0.15) is 0 Å². The monoisotopic (exact) mass is 424 g/mol. The van der Waals surface area contributed by atoms with E-state index in [4.69, 9.17) is 15.0 Å². The fourth-order valence-electron chi connectivity index (χ4n) is 2.86. The number of rotatable bonds is 12. The van der Waals surface area contributed by atoms with Crippen LogP contribution in [-0.2, 0) is 33.4 Å². The number of esters is 1. The van der Waals surface area contributed by atoms with Gasteiger partial charge in [-0.05, 0) is 12.0 Å². The maximum absolute atomic E-state index is 12.4. The number of carbonyl (C=O) groups is 5. The molecule has 0 aliphatic carbocycles. The van der Waals surface area contributed by atoms with E-state index in [0.29, 0.717) is 11.3 Å². The number of imide groups is 3. The average molecular weight is 424 g/mol. The third kappa shape index (κ3) is 8.30. The van der Waals surface area contributed by atoms with Crippen molar-refractivity contribution < 1.29 is 33.4 Å². The van der Waals surface area contributed by atoms with E-state index in [0.717, 1.165) is 0 Å². The summed E-state index contributed by atoms with van der Waals surface area (Å²) in [7, 11) is 0. The van der Waals surface area contributed by atoms with Crippen molar-refractivity contribution in [3.05, 3.63) is 10.4 Å². The van der Waals surface area contributed by atoms with Gasteiger partial charge in [-0.25, -0.2) is 4.90 Å². The summed E-state index contributed by atoms with van der Waals surface area (Å²) in [5, 5.41) is 3.40. The van der Waals surface area contributed by atoms with Crippen molar-refractivity contribution in [3.63, 3.8) is 0 Å². The first-order valence-electron chi connectivity index (χ1n) is 9.75. The number of likely N-dealkylation sites (tertiary alicyclic amines) is 1. The van der Waals surface area contributed by atoms with Crippen LogP contribution in [0.1, 0.15) is 52.9 Å². The van der Waals surface area contributed by atoms with Crippen LogP contribution < -0.4 is 0 Å². The number of carbonyl (C=O) groups excluding carboxylic acids is 5. The molecule has 0 bridgehead atoms. The van der Waals surface area contributed by atoms with Crippen molar-refractivity contribution in [2.75, 3.05) is 26.4 Å². The van der Waals surface area contributed by atoms with E-state index in [-0.39, 0.29) is 57.8 Å². The number of Topliss-reactive ketones (excluding diaryl/α,β-unsaturated/α-hetero) is 1. The molecule has 0 radical (unpaired) electrons. The number of azide groups is 1. The van der Waals surface area contributed by atoms with Crippen LogP contribution in [0.15, 0.2) is 5.11 Å². The number of nitrogens with zero attached hydrogens (tertiary/aromatic N) is 4. The van der Waals surface area contributed by atoms with Crippen LogP contribution in [0.2, 0.25) is 0 Å². The summed E-state index contributed by atoms with van der Waals surface area (Å²) in [5.74, 6) is -3.02. The van der Waals surface area contributed by atoms with Crippen LogP contribution >= 0.6 is 0 Å². The van der Waals surface area contributed by atoms with Crippen LogP contribution in [0.25, 0.3) is 10.4 Å². The molecule has 11 heteroatoms. The van der Waals surface area contributed by atoms with Crippen molar-refractivity contribution in [2.45, 2.75) is 52.9 Å². The Labute approximate surface area is 174 Å². The van der Waals surface area contributed by atoms with E-state index in [1.165, 1.54) is 0 Å². The minimum atomic E-state index is -0.753. The zero-order valence-corrected chi connectivity index (χ0v) is 17.6. The van der Waals surface area contributed by atoms with Crippen molar-refractivity contribution in [1.82, 2.24) is 4.90 Å². The Morgan fingerprint density at radius 3 is 2.33 bits per heavy atom. The standard InChI is InChI=1S/C19H28N4O7/c1-19(2,3)18(28)13(12-21-22-20)11-17(27)30-10-9-29-8-4-5-14(24)23-15(25)6-7-16(23)26/h13H,4-12H2,1-3H3. The quantitative estimate of drug-likeness (QED) is 0.116. The third-order valence-corrected chi connectivity index (χ3v) is 4.36. The molecule has 0 aromatic rings. The molecule has 0 saturated carbocycles. The molecule has 1 aliphatic heterocycles. The second-order valence-corrected chi connectivity index (χ2v) is 7.88. The molecule has 3 amide bonds. The second kappa shape index (κ2) is 12.0. The van der Waals surface area contributed by atoms with Crippen molar-refractivity contribution in [3.8, 4) is 0 Å². The van der Waals surface area contributed by atoms with E-state index in [9.17, 15) is 24.0 Å². The van der Waals surface area contributed by atoms with E-state index in [1.54, 1.807) is 20.8 Å². The van der Waals surface area contributed by atoms with Gasteiger partial charge < -0.3 is 9.47 Å². The molecular formula is C19H28N4O7. The highest BCUT2D eigenvalue weighted by atomic mass is 16.6. The van der Waals surface area contributed by atoms with Crippen LogP contribution in [0.4, 0.5) is 0 Å². The summed E-state index contributed by atoms with van der Waals surface area (Å²) >= 11 is 0. The first kappa shape index (κ1) is 25.3. The zero-order valence-electron chi connectivity index (χ0n) is 17.6. The molecule has 1 atom stereocenters. The molecule has 1 saturated heterocycles. The Morgan fingerprint density at radius 1 is 1.13 bits per heavy atom. The summed E-state index contributed by atoms with van der Waals surface area (Å²) < 4.78 is 10.3. The molecule has 1 fully saturated rings. The van der Waals surface area contributed by atoms with E-state index in [2.05, 4.69) is 10.0 Å². The SMILES string of the molecule is CC(C)(C)C(=O)C(CN=[N+]=[N-])CC(=O)OCCOCCCC(=O)N1C(=O)CCC1=O. The van der Waals surface area contributed by atoms with Gasteiger partial charge >= 0.3 is 5.97 Å². The number of ether oxygens (including phenoxy) is 2. The highest BCUT2D eigenvalue weighted by Gasteiger charge is 2.33. The van der Waals surface area contributed by atoms with Crippen LogP contribution in [0.3, 0.4) is 0 Å². The van der Waals surface area contributed by atoms with E-state index in [1.807, 2.05) is 0 Å². The van der Waals surface area contributed by atoms with Gasteiger partial charge in [0.25, 0.3) is 0 Å². The molecular weight excluding hydrogens is 396 g/mol. The summed E-state index contributed by atoms with van der Waals surface area (Å²) in [6.45, 7) is 5.30. The molecule has 1 unspecified atom stereocenters. The third-order valence-electron chi connectivity index (χ3n) is 4.36. The van der Waals surface area contributed by atoms with Crippen LogP contribution in [0.5, 0.6) is 0 Å². The number of hydrogen-bond acceptors (Lipinski definition) is 8. The Hall–Kier alpha value is -2.78. The molecule has 0 N–H and O–H groups in total. The molecule has 0 spiro atoms. The maximum Gasteiger partial charge on any atom is 0.306 e. The summed E-state index contributed by atoms with van der Waals surface area (Å²) in [6, 6.07) is 0. The Morgan fingerprint density at radius 2 is 1.77 bits per heavy atom. The van der Waals surface area contributed by atoms with Gasteiger partial charge in [-0.15, -0.1) is 0 Å². The molecule has 11 nitrogen and oxygen atoms in total. The van der Waals surface area contributed by atoms with Gasteiger partial charge in [-0.3, -0.25) is 24.0 Å². The van der Waals surface area contributed by atoms with E-state index >= 15 is 0 Å². The van der Waals surface area contributed by atoms with Gasteiger partial charge in [0.15, 0.2) is 0 Å². The summed E-state index contributed by atoms with van der Waals surface area (Å²) in [6.07, 6.45) is 0.266. The fraction of sp³-hybridized carbons (Fsp3) is 0.737. The molecule has 1 heterocycles. The van der Waals surface area contributed by atoms with Gasteiger partial charge in [-0.1, -0.05) is 25.9 Å². The topological polar surface area (TPSA) is 156 Å². The summed E-state index contributed by atoms with van der Waals surface area (Å²) in [4.78, 5) is 62.4. The first-order chi connectivity index (χ1) is 14.1. The second-order valence-electron chi connectivity index (χ2n) is 7.88. The minimum Gasteiger partial charge on any atom is -0.463 e.